The van der Waals surface area contributed by atoms with Crippen LogP contribution < -0.4 is 11.1 Å². The maximum atomic E-state index is 14.0. The molecule has 0 saturated carbocycles. The molecule has 1 amide bonds. The van der Waals surface area contributed by atoms with E-state index < -0.39 is 47.9 Å². The number of carboxylic acids is 1. The van der Waals surface area contributed by atoms with Gasteiger partial charge in [0.15, 0.2) is 0 Å². The Morgan fingerprint density at radius 3 is 2.30 bits per heavy atom. The third-order valence-electron chi connectivity index (χ3n) is 3.96. The molecule has 0 radical (unpaired) electrons. The van der Waals surface area contributed by atoms with Gasteiger partial charge < -0.3 is 16.2 Å². The Labute approximate surface area is 154 Å². The highest BCUT2D eigenvalue weighted by Crippen LogP contribution is 2.32. The predicted octanol–water partition coefficient (Wildman–Crippen LogP) is 3.11. The molecule has 1 aromatic rings. The first-order valence-corrected chi connectivity index (χ1v) is 8.35. The van der Waals surface area contributed by atoms with Crippen LogP contribution in [0.4, 0.5) is 17.6 Å². The third-order valence-corrected chi connectivity index (χ3v) is 3.96. The first kappa shape index (κ1) is 22.9. The maximum absolute atomic E-state index is 14.0. The van der Waals surface area contributed by atoms with E-state index in [4.69, 9.17) is 5.73 Å². The number of benzene rings is 1. The second-order valence-electron chi connectivity index (χ2n) is 7.59. The molecule has 0 fully saturated rings. The molecule has 0 aromatic heterocycles. The highest BCUT2D eigenvalue weighted by molar-refractivity contribution is 5.87. The summed E-state index contributed by atoms with van der Waals surface area (Å²) in [6.07, 6.45) is -4.68. The van der Waals surface area contributed by atoms with E-state index >= 15 is 0 Å². The van der Waals surface area contributed by atoms with Crippen molar-refractivity contribution >= 4 is 11.9 Å². The van der Waals surface area contributed by atoms with Crippen LogP contribution in [0.1, 0.15) is 44.7 Å². The van der Waals surface area contributed by atoms with E-state index in [-0.39, 0.29) is 17.4 Å². The number of halogens is 4. The van der Waals surface area contributed by atoms with Gasteiger partial charge in [-0.15, -0.1) is 0 Å². The van der Waals surface area contributed by atoms with Gasteiger partial charge in [0.05, 0.1) is 11.6 Å². The number of amides is 1. The van der Waals surface area contributed by atoms with Crippen LogP contribution in [0.5, 0.6) is 0 Å². The number of aliphatic carboxylic acids is 1. The van der Waals surface area contributed by atoms with E-state index in [0.29, 0.717) is 12.5 Å². The number of hydrogen-bond donors (Lipinski definition) is 3. The van der Waals surface area contributed by atoms with Crippen molar-refractivity contribution in [2.45, 2.75) is 58.3 Å². The molecule has 2 unspecified atom stereocenters. The molecule has 4 N–H and O–H groups in total. The Morgan fingerprint density at radius 1 is 1.22 bits per heavy atom. The van der Waals surface area contributed by atoms with Gasteiger partial charge in [0, 0.05) is 0 Å². The van der Waals surface area contributed by atoms with Crippen molar-refractivity contribution in [2.75, 3.05) is 0 Å². The second-order valence-corrected chi connectivity index (χ2v) is 7.59. The van der Waals surface area contributed by atoms with Gasteiger partial charge in [0.2, 0.25) is 5.91 Å². The van der Waals surface area contributed by atoms with E-state index in [9.17, 15) is 32.3 Å². The van der Waals surface area contributed by atoms with Gasteiger partial charge in [-0.1, -0.05) is 32.9 Å². The highest BCUT2D eigenvalue weighted by atomic mass is 19.4. The fourth-order valence-electron chi connectivity index (χ4n) is 2.40. The van der Waals surface area contributed by atoms with Crippen LogP contribution in [-0.4, -0.2) is 29.1 Å². The molecule has 0 heterocycles. The lowest BCUT2D eigenvalue weighted by Gasteiger charge is -2.23. The van der Waals surface area contributed by atoms with Crippen LogP contribution in [-0.2, 0) is 22.2 Å². The Hall–Kier alpha value is -2.16. The van der Waals surface area contributed by atoms with Gasteiger partial charge in [0.1, 0.15) is 11.9 Å². The number of nitrogens with two attached hydrogens (primary N) is 1. The number of carbonyl (C=O) groups excluding carboxylic acids is 1. The Balaban J connectivity index is 2.83. The standard InChI is InChI=1S/C18H24F4N2O3/c1-17(2,3)8-7-13(16(26)27)24-15(25)12(23)9-10-5-4-6-11(14(10)19)18(20,21)22/h4-6,12-13H,7-9,23H2,1-3H3,(H,24,25)(H,26,27). The molecule has 0 bridgehead atoms. The van der Waals surface area contributed by atoms with E-state index in [2.05, 4.69) is 5.32 Å². The highest BCUT2D eigenvalue weighted by Gasteiger charge is 2.35. The molecule has 9 heteroatoms. The summed E-state index contributed by atoms with van der Waals surface area (Å²) >= 11 is 0. The summed E-state index contributed by atoms with van der Waals surface area (Å²) in [5, 5.41) is 11.5. The molecule has 5 nitrogen and oxygen atoms in total. The SMILES string of the molecule is CC(C)(C)CCC(NC(=O)C(N)Cc1cccc(C(F)(F)F)c1F)C(=O)O. The van der Waals surface area contributed by atoms with Gasteiger partial charge in [0.25, 0.3) is 0 Å². The molecule has 0 saturated heterocycles. The zero-order chi connectivity index (χ0) is 21.0. The number of hydrogen-bond acceptors (Lipinski definition) is 3. The Bertz CT molecular complexity index is 684. The van der Waals surface area contributed by atoms with Crippen LogP contribution >= 0.6 is 0 Å². The lowest BCUT2D eigenvalue weighted by molar-refractivity contribution is -0.142. The quantitative estimate of drug-likeness (QED) is 0.622. The Morgan fingerprint density at radius 2 is 1.81 bits per heavy atom. The van der Waals surface area contributed by atoms with Crippen molar-refractivity contribution in [2.24, 2.45) is 11.1 Å². The average Bonchev–Trinajstić information content (AvgIpc) is 2.50. The first-order chi connectivity index (χ1) is 12.2. The molecule has 0 aliphatic carbocycles. The summed E-state index contributed by atoms with van der Waals surface area (Å²) in [6.45, 7) is 5.74. The average molecular weight is 392 g/mol. The normalized spacial score (nSPS) is 14.5. The van der Waals surface area contributed by atoms with Crippen LogP contribution in [0, 0.1) is 11.2 Å². The van der Waals surface area contributed by atoms with Gasteiger partial charge in [-0.05, 0) is 36.3 Å². The summed E-state index contributed by atoms with van der Waals surface area (Å²) in [6, 6.07) is 0.145. The van der Waals surface area contributed by atoms with Crippen molar-refractivity contribution in [3.05, 3.63) is 35.1 Å². The van der Waals surface area contributed by atoms with Gasteiger partial charge in [-0.25, -0.2) is 9.18 Å². The molecule has 1 rings (SSSR count). The minimum atomic E-state index is -4.87. The molecule has 152 valence electrons. The summed E-state index contributed by atoms with van der Waals surface area (Å²) in [7, 11) is 0. The number of rotatable bonds is 7. The van der Waals surface area contributed by atoms with E-state index in [1.165, 1.54) is 0 Å². The first-order valence-electron chi connectivity index (χ1n) is 8.35. The van der Waals surface area contributed by atoms with Crippen LogP contribution in [0.2, 0.25) is 0 Å². The van der Waals surface area contributed by atoms with Crippen LogP contribution in [0.15, 0.2) is 18.2 Å². The third kappa shape index (κ3) is 7.16. The predicted molar refractivity (Wildman–Crippen MR) is 91.3 cm³/mol. The summed E-state index contributed by atoms with van der Waals surface area (Å²) in [4.78, 5) is 23.4. The van der Waals surface area contributed by atoms with E-state index in [1.54, 1.807) is 0 Å². The zero-order valence-electron chi connectivity index (χ0n) is 15.4. The summed E-state index contributed by atoms with van der Waals surface area (Å²) in [5.74, 6) is -3.60. The Kier molecular flexibility index (Phi) is 7.36. The molecular formula is C18H24F4N2O3. The van der Waals surface area contributed by atoms with E-state index in [1.807, 2.05) is 20.8 Å². The fraction of sp³-hybridized carbons (Fsp3) is 0.556. The minimum Gasteiger partial charge on any atom is -0.480 e. The van der Waals surface area contributed by atoms with Gasteiger partial charge in [-0.3, -0.25) is 4.79 Å². The molecule has 2 atom stereocenters. The summed E-state index contributed by atoms with van der Waals surface area (Å²) < 4.78 is 52.3. The number of alkyl halides is 3. The largest absolute Gasteiger partial charge is 0.480 e. The van der Waals surface area contributed by atoms with Crippen molar-refractivity contribution in [1.82, 2.24) is 5.32 Å². The van der Waals surface area contributed by atoms with Gasteiger partial charge >= 0.3 is 12.1 Å². The molecule has 0 spiro atoms. The van der Waals surface area contributed by atoms with E-state index in [0.717, 1.165) is 12.1 Å². The molecular weight excluding hydrogens is 368 g/mol. The zero-order valence-corrected chi connectivity index (χ0v) is 15.4. The monoisotopic (exact) mass is 392 g/mol. The second kappa shape index (κ2) is 8.69. The van der Waals surface area contributed by atoms with Crippen LogP contribution in [0.3, 0.4) is 0 Å². The number of carbonyl (C=O) groups is 2. The lowest BCUT2D eigenvalue weighted by atomic mass is 9.88. The van der Waals surface area contributed by atoms with Crippen molar-refractivity contribution in [3.8, 4) is 0 Å². The smallest absolute Gasteiger partial charge is 0.419 e. The van der Waals surface area contributed by atoms with Crippen molar-refractivity contribution < 1.29 is 32.3 Å². The van der Waals surface area contributed by atoms with Gasteiger partial charge in [-0.2, -0.15) is 13.2 Å². The summed E-state index contributed by atoms with van der Waals surface area (Å²) in [5.41, 5.74) is 3.69. The molecule has 27 heavy (non-hydrogen) atoms. The molecule has 0 aliphatic rings. The number of carboxylic acid groups (broad SMARTS) is 1. The molecule has 0 aliphatic heterocycles. The van der Waals surface area contributed by atoms with Crippen molar-refractivity contribution in [3.63, 3.8) is 0 Å². The number of nitrogens with one attached hydrogen (secondary N) is 1. The topological polar surface area (TPSA) is 92.4 Å². The van der Waals surface area contributed by atoms with Crippen LogP contribution in [0.25, 0.3) is 0 Å². The van der Waals surface area contributed by atoms with Crippen molar-refractivity contribution in [1.29, 1.82) is 0 Å². The lowest BCUT2D eigenvalue weighted by Crippen LogP contribution is -2.49. The fourth-order valence-corrected chi connectivity index (χ4v) is 2.40. The molecule has 1 aromatic carbocycles. The minimum absolute atomic E-state index is 0.151. The maximum Gasteiger partial charge on any atom is 0.419 e.